The Morgan fingerprint density at radius 1 is 1.29 bits per heavy atom. The number of guanidine groups is 1. The largest absolute Gasteiger partial charge is 0.355 e. The summed E-state index contributed by atoms with van der Waals surface area (Å²) >= 11 is 1.88. The number of nitrogens with one attached hydrogen (secondary N) is 1. The Labute approximate surface area is 150 Å². The maximum atomic E-state index is 4.40. The second-order valence-corrected chi connectivity index (χ2v) is 6.47. The monoisotopic (exact) mass is 419 g/mol. The first-order valence-corrected chi connectivity index (χ1v) is 8.41. The second-order valence-electron chi connectivity index (χ2n) is 5.31. The van der Waals surface area contributed by atoms with Gasteiger partial charge >= 0.3 is 0 Å². The van der Waals surface area contributed by atoms with E-state index in [1.165, 1.54) is 17.7 Å². The van der Waals surface area contributed by atoms with Crippen LogP contribution in [0.4, 0.5) is 0 Å². The van der Waals surface area contributed by atoms with Crippen molar-refractivity contribution in [3.8, 4) is 0 Å². The molecule has 5 heteroatoms. The number of piperidine rings is 1. The molecule has 0 atom stereocenters. The van der Waals surface area contributed by atoms with Gasteiger partial charge in [0.2, 0.25) is 0 Å². The molecule has 0 aliphatic carbocycles. The van der Waals surface area contributed by atoms with Crippen molar-refractivity contribution in [1.82, 2.24) is 10.2 Å². The van der Waals surface area contributed by atoms with Crippen LogP contribution in [-0.4, -0.2) is 43.3 Å². The van der Waals surface area contributed by atoms with Crippen molar-refractivity contribution in [1.29, 1.82) is 0 Å². The Morgan fingerprint density at radius 3 is 2.57 bits per heavy atom. The summed E-state index contributed by atoms with van der Waals surface area (Å²) in [5, 5.41) is 3.48. The van der Waals surface area contributed by atoms with Crippen molar-refractivity contribution in [2.75, 3.05) is 32.4 Å². The van der Waals surface area contributed by atoms with E-state index in [1.54, 1.807) is 0 Å². The molecule has 1 aromatic carbocycles. The molecule has 1 fully saturated rings. The number of nitrogens with zero attached hydrogens (tertiary/aromatic N) is 2. The van der Waals surface area contributed by atoms with Crippen molar-refractivity contribution in [2.45, 2.75) is 24.7 Å². The summed E-state index contributed by atoms with van der Waals surface area (Å²) in [7, 11) is 1.88. The number of thioether (sulfide) groups is 1. The van der Waals surface area contributed by atoms with Gasteiger partial charge in [-0.2, -0.15) is 0 Å². The maximum absolute atomic E-state index is 4.40. The molecule has 0 amide bonds. The molecule has 1 aliphatic rings. The standard InChI is InChI=1S/C16H25N3S.HI/c1-14-8-11-19(12-9-14)16(17-2)18-10-13-20-15-6-4-3-5-7-15;/h3-7,14H,8-13H2,1-2H3,(H,17,18);1H. The van der Waals surface area contributed by atoms with Gasteiger partial charge in [-0.05, 0) is 30.9 Å². The lowest BCUT2D eigenvalue weighted by atomic mass is 10.00. The summed E-state index contributed by atoms with van der Waals surface area (Å²) in [6.07, 6.45) is 2.55. The fourth-order valence-electron chi connectivity index (χ4n) is 2.40. The molecule has 0 aromatic heterocycles. The molecule has 0 spiro atoms. The molecule has 3 nitrogen and oxygen atoms in total. The van der Waals surface area contributed by atoms with Crippen LogP contribution in [0.1, 0.15) is 19.8 Å². The van der Waals surface area contributed by atoms with Crippen LogP contribution in [0.5, 0.6) is 0 Å². The molecule has 1 heterocycles. The zero-order valence-electron chi connectivity index (χ0n) is 12.9. The van der Waals surface area contributed by atoms with Crippen LogP contribution in [0.2, 0.25) is 0 Å². The fraction of sp³-hybridized carbons (Fsp3) is 0.562. The predicted molar refractivity (Wildman–Crippen MR) is 104 cm³/mol. The molecule has 0 radical (unpaired) electrons. The Balaban J connectivity index is 0.00000220. The van der Waals surface area contributed by atoms with E-state index in [2.05, 4.69) is 52.5 Å². The molecule has 21 heavy (non-hydrogen) atoms. The van der Waals surface area contributed by atoms with Crippen molar-refractivity contribution in [3.63, 3.8) is 0 Å². The molecule has 1 aromatic rings. The minimum Gasteiger partial charge on any atom is -0.355 e. The van der Waals surface area contributed by atoms with Gasteiger partial charge in [0.25, 0.3) is 0 Å². The molecule has 1 aliphatic heterocycles. The quantitative estimate of drug-likeness (QED) is 0.265. The van der Waals surface area contributed by atoms with Crippen LogP contribution < -0.4 is 5.32 Å². The Hall–Kier alpha value is -0.430. The lowest BCUT2D eigenvalue weighted by Gasteiger charge is -2.32. The van der Waals surface area contributed by atoms with Crippen molar-refractivity contribution >= 4 is 41.7 Å². The smallest absolute Gasteiger partial charge is 0.193 e. The van der Waals surface area contributed by atoms with Gasteiger partial charge in [0.15, 0.2) is 5.96 Å². The third-order valence-corrected chi connectivity index (χ3v) is 4.71. The number of hydrogen-bond acceptors (Lipinski definition) is 2. The molecule has 0 bridgehead atoms. The highest BCUT2D eigenvalue weighted by Crippen LogP contribution is 2.17. The number of likely N-dealkylation sites (tertiary alicyclic amines) is 1. The van der Waals surface area contributed by atoms with Crippen LogP contribution in [0.3, 0.4) is 0 Å². The first-order valence-electron chi connectivity index (χ1n) is 7.43. The molecule has 1 saturated heterocycles. The van der Waals surface area contributed by atoms with Crippen molar-refractivity contribution < 1.29 is 0 Å². The summed E-state index contributed by atoms with van der Waals surface area (Å²) in [5.41, 5.74) is 0. The Morgan fingerprint density at radius 2 is 1.95 bits per heavy atom. The first kappa shape index (κ1) is 18.6. The third-order valence-electron chi connectivity index (χ3n) is 3.69. The van der Waals surface area contributed by atoms with Crippen LogP contribution in [0.25, 0.3) is 0 Å². The first-order chi connectivity index (χ1) is 9.79. The lowest BCUT2D eigenvalue weighted by molar-refractivity contribution is 0.274. The summed E-state index contributed by atoms with van der Waals surface area (Å²) in [5.74, 6) is 2.98. The van der Waals surface area contributed by atoms with E-state index in [0.29, 0.717) is 0 Å². The molecular weight excluding hydrogens is 393 g/mol. The topological polar surface area (TPSA) is 27.6 Å². The normalized spacial score (nSPS) is 16.5. The lowest BCUT2D eigenvalue weighted by Crippen LogP contribution is -2.45. The molecule has 1 N–H and O–H groups in total. The van der Waals surface area contributed by atoms with Crippen molar-refractivity contribution in [2.24, 2.45) is 10.9 Å². The van der Waals surface area contributed by atoms with Gasteiger partial charge in [0.05, 0.1) is 0 Å². The van der Waals surface area contributed by atoms with Crippen molar-refractivity contribution in [3.05, 3.63) is 30.3 Å². The highest BCUT2D eigenvalue weighted by atomic mass is 127. The third kappa shape index (κ3) is 6.46. The van der Waals surface area contributed by atoms with E-state index < -0.39 is 0 Å². The van der Waals surface area contributed by atoms with Gasteiger partial charge in [-0.3, -0.25) is 4.99 Å². The minimum atomic E-state index is 0. The molecule has 0 saturated carbocycles. The van der Waals surface area contributed by atoms with Gasteiger partial charge < -0.3 is 10.2 Å². The summed E-state index contributed by atoms with van der Waals surface area (Å²) < 4.78 is 0. The van der Waals surface area contributed by atoms with Gasteiger partial charge in [-0.25, -0.2) is 0 Å². The minimum absolute atomic E-state index is 0. The number of aliphatic imine (C=N–C) groups is 1. The number of rotatable bonds is 4. The van der Waals surface area contributed by atoms with Gasteiger partial charge in [-0.1, -0.05) is 25.1 Å². The van der Waals surface area contributed by atoms with Gasteiger partial charge in [-0.15, -0.1) is 35.7 Å². The predicted octanol–water partition coefficient (Wildman–Crippen LogP) is 3.70. The van der Waals surface area contributed by atoms with E-state index in [1.807, 2.05) is 18.8 Å². The molecule has 118 valence electrons. The van der Waals surface area contributed by atoms with Crippen LogP contribution in [-0.2, 0) is 0 Å². The van der Waals surface area contributed by atoms with E-state index in [0.717, 1.165) is 37.3 Å². The zero-order chi connectivity index (χ0) is 14.2. The zero-order valence-corrected chi connectivity index (χ0v) is 16.1. The summed E-state index contributed by atoms with van der Waals surface area (Å²) in [6, 6.07) is 10.5. The maximum Gasteiger partial charge on any atom is 0.193 e. The molecular formula is C16H26IN3S. The number of halogens is 1. The highest BCUT2D eigenvalue weighted by Gasteiger charge is 2.18. The summed E-state index contributed by atoms with van der Waals surface area (Å²) in [6.45, 7) is 5.56. The van der Waals surface area contributed by atoms with Crippen LogP contribution in [0.15, 0.2) is 40.2 Å². The van der Waals surface area contributed by atoms with Gasteiger partial charge in [0.1, 0.15) is 0 Å². The molecule has 2 rings (SSSR count). The average Bonchev–Trinajstić information content (AvgIpc) is 2.50. The number of hydrogen-bond donors (Lipinski definition) is 1. The fourth-order valence-corrected chi connectivity index (χ4v) is 3.19. The van der Waals surface area contributed by atoms with E-state index in [9.17, 15) is 0 Å². The second kappa shape index (κ2) is 10.3. The average molecular weight is 419 g/mol. The van der Waals surface area contributed by atoms with E-state index in [-0.39, 0.29) is 24.0 Å². The van der Waals surface area contributed by atoms with Crippen LogP contribution in [0, 0.1) is 5.92 Å². The molecule has 0 unspecified atom stereocenters. The number of benzene rings is 1. The SMILES string of the molecule is CN=C(NCCSc1ccccc1)N1CCC(C)CC1.I. The van der Waals surface area contributed by atoms with Crippen LogP contribution >= 0.6 is 35.7 Å². The summed E-state index contributed by atoms with van der Waals surface area (Å²) in [4.78, 5) is 8.12. The van der Waals surface area contributed by atoms with Gasteiger partial charge in [0, 0.05) is 37.3 Å². The van der Waals surface area contributed by atoms with E-state index in [4.69, 9.17) is 0 Å². The highest BCUT2D eigenvalue weighted by molar-refractivity contribution is 14.0. The Bertz CT molecular complexity index is 417. The van der Waals surface area contributed by atoms with E-state index >= 15 is 0 Å². The Kier molecular flexibility index (Phi) is 9.15.